The van der Waals surface area contributed by atoms with Gasteiger partial charge in [-0.15, -0.1) is 11.8 Å². The molecule has 0 aliphatic rings. The molecule has 0 saturated heterocycles. The lowest BCUT2D eigenvalue weighted by Crippen LogP contribution is -2.22. The lowest BCUT2D eigenvalue weighted by Gasteiger charge is -2.24. The number of hydrogen-bond acceptors (Lipinski definition) is 5. The molecule has 2 aromatic rings. The molecule has 0 aliphatic heterocycles. The van der Waals surface area contributed by atoms with Crippen molar-refractivity contribution in [2.75, 3.05) is 18.2 Å². The molecule has 26 heavy (non-hydrogen) atoms. The summed E-state index contributed by atoms with van der Waals surface area (Å²) in [6.07, 6.45) is 0.900. The van der Waals surface area contributed by atoms with Gasteiger partial charge in [-0.25, -0.2) is 9.18 Å². The van der Waals surface area contributed by atoms with Crippen molar-refractivity contribution in [3.63, 3.8) is 0 Å². The Morgan fingerprint density at radius 1 is 1.27 bits per heavy atom. The van der Waals surface area contributed by atoms with Crippen LogP contribution in [0.2, 0.25) is 0 Å². The molecule has 1 amide bonds. The topological polar surface area (TPSA) is 78.8 Å². The summed E-state index contributed by atoms with van der Waals surface area (Å²) in [7, 11) is 0. The van der Waals surface area contributed by atoms with Gasteiger partial charge in [0.25, 0.3) is 0 Å². The number of phenols is 1. The summed E-state index contributed by atoms with van der Waals surface area (Å²) >= 11 is 1.59. The molecular formula is C19H22FNO4S. The highest BCUT2D eigenvalue weighted by Gasteiger charge is 2.24. The quantitative estimate of drug-likeness (QED) is 0.615. The lowest BCUT2D eigenvalue weighted by atomic mass is 9.94. The van der Waals surface area contributed by atoms with Gasteiger partial charge < -0.3 is 14.9 Å². The van der Waals surface area contributed by atoms with Gasteiger partial charge in [0.05, 0.1) is 0 Å². The van der Waals surface area contributed by atoms with Gasteiger partial charge in [0.15, 0.2) is 11.6 Å². The number of rotatable bonds is 7. The number of anilines is 1. The zero-order valence-electron chi connectivity index (χ0n) is 14.6. The van der Waals surface area contributed by atoms with Gasteiger partial charge in [0.1, 0.15) is 6.10 Å². The Labute approximate surface area is 156 Å². The molecular weight excluding hydrogens is 357 g/mol. The fraction of sp³-hybridized carbons (Fsp3) is 0.316. The van der Waals surface area contributed by atoms with Gasteiger partial charge in [-0.2, -0.15) is 0 Å². The summed E-state index contributed by atoms with van der Waals surface area (Å²) in [5.41, 5.74) is 0.993. The van der Waals surface area contributed by atoms with Crippen molar-refractivity contribution < 1.29 is 24.1 Å². The number of benzene rings is 2. The van der Waals surface area contributed by atoms with Crippen molar-refractivity contribution in [3.05, 3.63) is 53.8 Å². The van der Waals surface area contributed by atoms with E-state index in [1.54, 1.807) is 30.8 Å². The zero-order valence-corrected chi connectivity index (χ0v) is 15.4. The van der Waals surface area contributed by atoms with Crippen molar-refractivity contribution >= 4 is 23.5 Å². The number of nitrogens with one attached hydrogen (secondary N) is 1. The van der Waals surface area contributed by atoms with Gasteiger partial charge >= 0.3 is 6.09 Å². The Kier molecular flexibility index (Phi) is 7.29. The van der Waals surface area contributed by atoms with Crippen LogP contribution in [0.1, 0.15) is 25.0 Å². The Balaban J connectivity index is 2.14. The molecule has 0 aromatic heterocycles. The van der Waals surface area contributed by atoms with Gasteiger partial charge in [-0.05, 0) is 60.6 Å². The van der Waals surface area contributed by atoms with E-state index in [-0.39, 0.29) is 12.5 Å². The second-order valence-corrected chi connectivity index (χ2v) is 6.76. The van der Waals surface area contributed by atoms with Crippen molar-refractivity contribution in [2.45, 2.75) is 24.3 Å². The maximum absolute atomic E-state index is 13.7. The molecule has 2 rings (SSSR count). The third-order valence-electron chi connectivity index (χ3n) is 3.97. The maximum atomic E-state index is 13.7. The van der Waals surface area contributed by atoms with E-state index in [4.69, 9.17) is 4.74 Å². The third-order valence-corrected chi connectivity index (χ3v) is 4.72. The monoisotopic (exact) mass is 379 g/mol. The molecule has 0 saturated carbocycles. The molecule has 0 aliphatic carbocycles. The van der Waals surface area contributed by atoms with Crippen molar-refractivity contribution in [1.82, 2.24) is 0 Å². The van der Waals surface area contributed by atoms with Crippen molar-refractivity contribution in [1.29, 1.82) is 0 Å². The number of carbonyl (C=O) groups excluding carboxylic acids is 1. The number of phenolic OH excluding ortho intramolecular Hbond substituents is 1. The predicted molar refractivity (Wildman–Crippen MR) is 100.0 cm³/mol. The molecule has 0 fully saturated rings. The van der Waals surface area contributed by atoms with E-state index in [9.17, 15) is 19.4 Å². The molecule has 5 nitrogen and oxygen atoms in total. The molecule has 0 bridgehead atoms. The van der Waals surface area contributed by atoms with Gasteiger partial charge in [0.2, 0.25) is 0 Å². The normalized spacial score (nSPS) is 13.1. The minimum Gasteiger partial charge on any atom is -0.505 e. The van der Waals surface area contributed by atoms with E-state index in [1.807, 2.05) is 18.4 Å². The summed E-state index contributed by atoms with van der Waals surface area (Å²) < 4.78 is 19.2. The summed E-state index contributed by atoms with van der Waals surface area (Å²) in [6.45, 7) is 1.71. The summed E-state index contributed by atoms with van der Waals surface area (Å²) in [4.78, 5) is 13.3. The minimum absolute atomic E-state index is 0.0840. The average Bonchev–Trinajstić information content (AvgIpc) is 2.63. The first-order valence-electron chi connectivity index (χ1n) is 8.15. The van der Waals surface area contributed by atoms with Crippen LogP contribution in [0.5, 0.6) is 5.75 Å². The highest BCUT2D eigenvalue weighted by Crippen LogP contribution is 2.31. The van der Waals surface area contributed by atoms with Crippen LogP contribution in [0.25, 0.3) is 0 Å². The van der Waals surface area contributed by atoms with Gasteiger partial charge in [0, 0.05) is 17.2 Å². The Bertz CT molecular complexity index is 739. The lowest BCUT2D eigenvalue weighted by molar-refractivity contribution is 0.0665. The zero-order chi connectivity index (χ0) is 19.1. The molecule has 0 unspecified atom stereocenters. The first-order valence-corrected chi connectivity index (χ1v) is 9.38. The average molecular weight is 379 g/mol. The number of carbonyl (C=O) groups is 1. The van der Waals surface area contributed by atoms with E-state index in [0.29, 0.717) is 17.7 Å². The van der Waals surface area contributed by atoms with Crippen LogP contribution in [0, 0.1) is 11.7 Å². The molecule has 3 N–H and O–H groups in total. The van der Waals surface area contributed by atoms with Crippen LogP contribution in [0.4, 0.5) is 14.9 Å². The van der Waals surface area contributed by atoms with E-state index in [0.717, 1.165) is 11.0 Å². The Hall–Kier alpha value is -2.25. The van der Waals surface area contributed by atoms with Gasteiger partial charge in [-0.3, -0.25) is 5.32 Å². The van der Waals surface area contributed by atoms with Crippen LogP contribution < -0.4 is 5.32 Å². The number of aliphatic hydroxyl groups excluding tert-OH is 1. The highest BCUT2D eigenvalue weighted by molar-refractivity contribution is 7.98. The number of aromatic hydroxyl groups is 1. The summed E-state index contributed by atoms with van der Waals surface area (Å²) in [5, 5.41) is 21.2. The number of thioether (sulfide) groups is 1. The fourth-order valence-electron chi connectivity index (χ4n) is 2.50. The van der Waals surface area contributed by atoms with Crippen LogP contribution >= 0.6 is 11.8 Å². The summed E-state index contributed by atoms with van der Waals surface area (Å²) in [5.74, 6) is -1.51. The third kappa shape index (κ3) is 5.37. The molecule has 7 heteroatoms. The Morgan fingerprint density at radius 3 is 2.54 bits per heavy atom. The molecule has 0 spiro atoms. The molecule has 2 aromatic carbocycles. The summed E-state index contributed by atoms with van der Waals surface area (Å²) in [6, 6.07) is 11.1. The van der Waals surface area contributed by atoms with Crippen molar-refractivity contribution in [2.24, 2.45) is 5.92 Å². The van der Waals surface area contributed by atoms with Crippen LogP contribution in [0.15, 0.2) is 47.4 Å². The van der Waals surface area contributed by atoms with Crippen LogP contribution in [-0.2, 0) is 4.74 Å². The van der Waals surface area contributed by atoms with Gasteiger partial charge in [-0.1, -0.05) is 13.0 Å². The maximum Gasteiger partial charge on any atom is 0.412 e. The smallest absolute Gasteiger partial charge is 0.412 e. The second-order valence-electron chi connectivity index (χ2n) is 5.88. The largest absolute Gasteiger partial charge is 0.505 e. The SMILES string of the molecule is CSc1ccc(NC(=O)O[C@@H](c2ccc(O)c(F)c2)[C@H](C)CCO)cc1. The number of ether oxygens (including phenoxy) is 1. The highest BCUT2D eigenvalue weighted by atomic mass is 32.2. The standard InChI is InChI=1S/C19H22FNO4S/c1-12(9-10-22)18(13-3-8-17(23)16(20)11-13)25-19(24)21-14-4-6-15(26-2)7-5-14/h3-8,11-12,18,22-23H,9-10H2,1-2H3,(H,21,24)/t12-,18-/m1/s1. The van der Waals surface area contributed by atoms with Crippen LogP contribution in [0.3, 0.4) is 0 Å². The second kappa shape index (κ2) is 9.45. The number of halogens is 1. The molecule has 140 valence electrons. The van der Waals surface area contributed by atoms with Crippen molar-refractivity contribution in [3.8, 4) is 5.75 Å². The first kappa shape index (κ1) is 20.1. The predicted octanol–water partition coefficient (Wildman–Crippen LogP) is 4.56. The number of amides is 1. The van der Waals surface area contributed by atoms with Crippen LogP contribution in [-0.4, -0.2) is 29.2 Å². The van der Waals surface area contributed by atoms with E-state index in [1.165, 1.54) is 12.1 Å². The first-order chi connectivity index (χ1) is 12.4. The minimum atomic E-state index is -0.791. The Morgan fingerprint density at radius 2 is 1.96 bits per heavy atom. The number of hydrogen-bond donors (Lipinski definition) is 3. The number of aliphatic hydroxyl groups is 1. The molecule has 0 radical (unpaired) electrons. The van der Waals surface area contributed by atoms with E-state index >= 15 is 0 Å². The molecule has 0 heterocycles. The van der Waals surface area contributed by atoms with E-state index in [2.05, 4.69) is 5.32 Å². The molecule has 2 atom stereocenters. The fourth-order valence-corrected chi connectivity index (χ4v) is 2.91. The van der Waals surface area contributed by atoms with E-state index < -0.39 is 23.8 Å².